The predicted molar refractivity (Wildman–Crippen MR) is 122 cm³/mol. The Balaban J connectivity index is 1.71. The van der Waals surface area contributed by atoms with Crippen LogP contribution in [0.5, 0.6) is 0 Å². The van der Waals surface area contributed by atoms with E-state index in [1.54, 1.807) is 18.6 Å². The van der Waals surface area contributed by atoms with Gasteiger partial charge in [-0.15, -0.1) is 0 Å². The lowest BCUT2D eigenvalue weighted by molar-refractivity contribution is 1.08. The van der Waals surface area contributed by atoms with Gasteiger partial charge in [0.05, 0.1) is 22.4 Å². The minimum absolute atomic E-state index is 0.758. The van der Waals surface area contributed by atoms with Crippen molar-refractivity contribution in [3.63, 3.8) is 0 Å². The summed E-state index contributed by atoms with van der Waals surface area (Å²) in [4.78, 5) is 20.4. The number of para-hydroxylation sites is 1. The number of fused-ring (bicyclic) bond motifs is 2. The van der Waals surface area contributed by atoms with E-state index in [4.69, 9.17) is 9.97 Å². The van der Waals surface area contributed by atoms with Gasteiger partial charge in [0.1, 0.15) is 11.6 Å². The van der Waals surface area contributed by atoms with E-state index in [-0.39, 0.29) is 0 Å². The first kappa shape index (κ1) is 18.0. The van der Waals surface area contributed by atoms with E-state index in [1.807, 2.05) is 73.6 Å². The molecule has 0 saturated carbocycles. The van der Waals surface area contributed by atoms with Crippen LogP contribution in [0.2, 0.25) is 0 Å². The molecule has 0 aliphatic carbocycles. The predicted octanol–water partition coefficient (Wildman–Crippen LogP) is 5.05. The van der Waals surface area contributed by atoms with E-state index in [0.29, 0.717) is 0 Å². The molecular formula is C24H20N6. The van der Waals surface area contributed by atoms with Gasteiger partial charge in [-0.25, -0.2) is 9.97 Å². The number of nitrogens with one attached hydrogen (secondary N) is 1. The van der Waals surface area contributed by atoms with Crippen LogP contribution in [0.15, 0.2) is 79.3 Å². The van der Waals surface area contributed by atoms with Gasteiger partial charge in [0.2, 0.25) is 0 Å². The molecule has 0 aliphatic heterocycles. The van der Waals surface area contributed by atoms with Crippen molar-refractivity contribution < 1.29 is 0 Å². The lowest BCUT2D eigenvalue weighted by atomic mass is 10.1. The molecule has 4 aromatic heterocycles. The second kappa shape index (κ2) is 7.40. The van der Waals surface area contributed by atoms with Gasteiger partial charge in [0.25, 0.3) is 0 Å². The van der Waals surface area contributed by atoms with Gasteiger partial charge >= 0.3 is 0 Å². The van der Waals surface area contributed by atoms with Crippen molar-refractivity contribution in [1.29, 1.82) is 0 Å². The number of anilines is 3. The average Bonchev–Trinajstić information content (AvgIpc) is 2.79. The van der Waals surface area contributed by atoms with Crippen LogP contribution in [0, 0.1) is 0 Å². The van der Waals surface area contributed by atoms with Gasteiger partial charge < -0.3 is 10.2 Å². The number of hydrogen-bond acceptors (Lipinski definition) is 6. The van der Waals surface area contributed by atoms with Crippen molar-refractivity contribution in [2.45, 2.75) is 0 Å². The van der Waals surface area contributed by atoms with Crippen molar-refractivity contribution in [2.75, 3.05) is 24.3 Å². The summed E-state index contributed by atoms with van der Waals surface area (Å²) >= 11 is 0. The van der Waals surface area contributed by atoms with Crippen LogP contribution in [0.3, 0.4) is 0 Å². The van der Waals surface area contributed by atoms with Crippen LogP contribution in [0.4, 0.5) is 17.3 Å². The molecule has 5 aromatic rings. The van der Waals surface area contributed by atoms with Crippen LogP contribution in [-0.4, -0.2) is 34.0 Å². The van der Waals surface area contributed by atoms with Crippen molar-refractivity contribution in [3.05, 3.63) is 79.3 Å². The Morgan fingerprint density at radius 1 is 0.767 bits per heavy atom. The van der Waals surface area contributed by atoms with Gasteiger partial charge in [0, 0.05) is 55.1 Å². The fourth-order valence-electron chi connectivity index (χ4n) is 3.46. The molecule has 0 unspecified atom stereocenters. The van der Waals surface area contributed by atoms with Crippen molar-refractivity contribution in [2.24, 2.45) is 0 Å². The molecule has 146 valence electrons. The maximum atomic E-state index is 4.93. The van der Waals surface area contributed by atoms with Crippen molar-refractivity contribution in [3.8, 4) is 11.3 Å². The Morgan fingerprint density at radius 2 is 1.57 bits per heavy atom. The molecule has 0 radical (unpaired) electrons. The second-order valence-corrected chi connectivity index (χ2v) is 7.23. The molecule has 6 heteroatoms. The summed E-state index contributed by atoms with van der Waals surface area (Å²) in [6, 6.07) is 20.0. The van der Waals surface area contributed by atoms with Crippen molar-refractivity contribution in [1.82, 2.24) is 19.9 Å². The first-order valence-corrected chi connectivity index (χ1v) is 9.69. The maximum absolute atomic E-state index is 4.93. The van der Waals surface area contributed by atoms with Gasteiger partial charge in [-0.1, -0.05) is 18.2 Å². The first-order chi connectivity index (χ1) is 14.7. The van der Waals surface area contributed by atoms with Gasteiger partial charge in [-0.2, -0.15) is 0 Å². The summed E-state index contributed by atoms with van der Waals surface area (Å²) in [5.74, 6) is 1.64. The van der Waals surface area contributed by atoms with Crippen LogP contribution in [-0.2, 0) is 0 Å². The van der Waals surface area contributed by atoms with E-state index >= 15 is 0 Å². The number of nitrogens with zero attached hydrogens (tertiary/aromatic N) is 5. The Kier molecular flexibility index (Phi) is 4.44. The Labute approximate surface area is 174 Å². The van der Waals surface area contributed by atoms with Gasteiger partial charge in [-0.05, 0) is 36.4 Å². The largest absolute Gasteiger partial charge is 0.363 e. The molecule has 0 fully saturated rings. The van der Waals surface area contributed by atoms with E-state index in [2.05, 4.69) is 21.4 Å². The molecule has 1 N–H and O–H groups in total. The third kappa shape index (κ3) is 3.28. The Bertz CT molecular complexity index is 1350. The highest BCUT2D eigenvalue weighted by Crippen LogP contribution is 2.32. The molecule has 0 spiro atoms. The second-order valence-electron chi connectivity index (χ2n) is 7.23. The highest BCUT2D eigenvalue weighted by Gasteiger charge is 2.12. The molecule has 5 rings (SSSR count). The number of aromatic nitrogens is 4. The lowest BCUT2D eigenvalue weighted by Crippen LogP contribution is -2.11. The SMILES string of the molecule is CN(C)c1cc(Nc2nc(-c3ccncc3)cc3ncccc23)c2ccccc2n1. The molecular weight excluding hydrogens is 372 g/mol. The molecule has 6 nitrogen and oxygen atoms in total. The zero-order valence-electron chi connectivity index (χ0n) is 16.7. The summed E-state index contributed by atoms with van der Waals surface area (Å²) in [7, 11) is 3.98. The molecule has 0 amide bonds. The minimum atomic E-state index is 0.758. The zero-order chi connectivity index (χ0) is 20.5. The van der Waals surface area contributed by atoms with E-state index in [9.17, 15) is 0 Å². The molecule has 4 heterocycles. The average molecular weight is 392 g/mol. The normalized spacial score (nSPS) is 11.0. The fourth-order valence-corrected chi connectivity index (χ4v) is 3.46. The smallest absolute Gasteiger partial charge is 0.140 e. The van der Waals surface area contributed by atoms with Crippen LogP contribution >= 0.6 is 0 Å². The minimum Gasteiger partial charge on any atom is -0.363 e. The monoisotopic (exact) mass is 392 g/mol. The molecule has 30 heavy (non-hydrogen) atoms. The third-order valence-electron chi connectivity index (χ3n) is 4.99. The first-order valence-electron chi connectivity index (χ1n) is 9.69. The van der Waals surface area contributed by atoms with E-state index in [1.165, 1.54) is 0 Å². The Morgan fingerprint density at radius 3 is 2.40 bits per heavy atom. The van der Waals surface area contributed by atoms with Gasteiger partial charge in [-0.3, -0.25) is 9.97 Å². The quantitative estimate of drug-likeness (QED) is 0.462. The van der Waals surface area contributed by atoms with Crippen molar-refractivity contribution >= 4 is 39.1 Å². The number of rotatable bonds is 4. The van der Waals surface area contributed by atoms with E-state index in [0.717, 1.165) is 50.4 Å². The fraction of sp³-hybridized carbons (Fsp3) is 0.0833. The summed E-state index contributed by atoms with van der Waals surface area (Å²) in [5.41, 5.74) is 4.60. The third-order valence-corrected chi connectivity index (χ3v) is 4.99. The molecule has 1 aromatic carbocycles. The lowest BCUT2D eigenvalue weighted by Gasteiger charge is -2.17. The highest BCUT2D eigenvalue weighted by molar-refractivity contribution is 5.99. The Hall–Kier alpha value is -4.06. The maximum Gasteiger partial charge on any atom is 0.140 e. The summed E-state index contributed by atoms with van der Waals surface area (Å²) in [6.45, 7) is 0. The van der Waals surface area contributed by atoms with E-state index < -0.39 is 0 Å². The topological polar surface area (TPSA) is 66.8 Å². The zero-order valence-corrected chi connectivity index (χ0v) is 16.7. The summed E-state index contributed by atoms with van der Waals surface area (Å²) < 4.78 is 0. The van der Waals surface area contributed by atoms with Crippen LogP contribution in [0.1, 0.15) is 0 Å². The molecule has 0 aliphatic rings. The summed E-state index contributed by atoms with van der Waals surface area (Å²) in [6.07, 6.45) is 5.34. The number of pyridine rings is 4. The van der Waals surface area contributed by atoms with Gasteiger partial charge in [0.15, 0.2) is 0 Å². The number of benzene rings is 1. The molecule has 0 saturated heterocycles. The highest BCUT2D eigenvalue weighted by atomic mass is 15.1. The molecule has 0 bridgehead atoms. The summed E-state index contributed by atoms with van der Waals surface area (Å²) in [5, 5.41) is 5.56. The standard InChI is InChI=1S/C24H20N6/c1-30(2)23-15-22(17-6-3-4-8-19(17)27-23)29-24-18-7-5-11-26-21(18)14-20(28-24)16-9-12-25-13-10-16/h3-15H,1-2H3,(H,27,28,29). The van der Waals surface area contributed by atoms with Crippen LogP contribution in [0.25, 0.3) is 33.1 Å². The molecule has 0 atom stereocenters. The number of hydrogen-bond donors (Lipinski definition) is 1. The van der Waals surface area contributed by atoms with Crippen LogP contribution < -0.4 is 10.2 Å².